The van der Waals surface area contributed by atoms with Gasteiger partial charge in [-0.05, 0) is 24.1 Å². The number of fused-ring (bicyclic) bond motifs is 1. The Morgan fingerprint density at radius 2 is 2.10 bits per heavy atom. The Kier molecular flexibility index (Phi) is 3.53. The number of imidazole rings is 1. The average Bonchev–Trinajstić information content (AvgIpc) is 2.90. The standard InChI is InChI=1S/C13H13N5O2S/c1-21-18-7-17-11-12(15-6-16-13(11)18)14-5-8-2-3-9(19)4-10(8)20/h2-4,6-7,19-20H,5H2,1H3,(H,14,15,16). The molecule has 0 radical (unpaired) electrons. The van der Waals surface area contributed by atoms with Gasteiger partial charge in [-0.15, -0.1) is 0 Å². The number of anilines is 1. The highest BCUT2D eigenvalue weighted by Crippen LogP contribution is 2.25. The molecule has 21 heavy (non-hydrogen) atoms. The molecule has 7 nitrogen and oxygen atoms in total. The number of rotatable bonds is 4. The minimum absolute atomic E-state index is 0.0272. The molecule has 8 heteroatoms. The number of aromatic hydroxyl groups is 2. The van der Waals surface area contributed by atoms with Gasteiger partial charge in [0.05, 0.1) is 0 Å². The van der Waals surface area contributed by atoms with Crippen LogP contribution in [0.4, 0.5) is 5.82 Å². The maximum absolute atomic E-state index is 9.77. The van der Waals surface area contributed by atoms with Gasteiger partial charge in [-0.3, -0.25) is 3.97 Å². The largest absolute Gasteiger partial charge is 0.508 e. The molecule has 2 heterocycles. The molecule has 0 bridgehead atoms. The van der Waals surface area contributed by atoms with Crippen molar-refractivity contribution in [2.75, 3.05) is 11.6 Å². The molecule has 0 amide bonds. The lowest BCUT2D eigenvalue weighted by atomic mass is 10.2. The maximum atomic E-state index is 9.77. The Hall–Kier alpha value is -2.48. The fourth-order valence-corrected chi connectivity index (χ4v) is 2.41. The van der Waals surface area contributed by atoms with Crippen LogP contribution < -0.4 is 5.32 Å². The lowest BCUT2D eigenvalue weighted by molar-refractivity contribution is 0.446. The summed E-state index contributed by atoms with van der Waals surface area (Å²) in [5.41, 5.74) is 2.06. The molecule has 0 fully saturated rings. The Bertz CT molecular complexity index is 789. The maximum Gasteiger partial charge on any atom is 0.175 e. The van der Waals surface area contributed by atoms with Crippen molar-refractivity contribution in [2.45, 2.75) is 6.54 Å². The van der Waals surface area contributed by atoms with Gasteiger partial charge in [-0.1, -0.05) is 0 Å². The zero-order chi connectivity index (χ0) is 14.8. The van der Waals surface area contributed by atoms with E-state index in [2.05, 4.69) is 20.3 Å². The molecule has 0 saturated heterocycles. The predicted molar refractivity (Wildman–Crippen MR) is 81.3 cm³/mol. The Balaban J connectivity index is 1.87. The van der Waals surface area contributed by atoms with Crippen molar-refractivity contribution in [3.05, 3.63) is 36.4 Å². The summed E-state index contributed by atoms with van der Waals surface area (Å²) < 4.78 is 1.85. The van der Waals surface area contributed by atoms with Crippen molar-refractivity contribution in [2.24, 2.45) is 0 Å². The minimum Gasteiger partial charge on any atom is -0.508 e. The van der Waals surface area contributed by atoms with E-state index >= 15 is 0 Å². The normalized spacial score (nSPS) is 10.9. The van der Waals surface area contributed by atoms with E-state index in [0.29, 0.717) is 23.4 Å². The molecule has 0 saturated carbocycles. The molecule has 0 atom stereocenters. The summed E-state index contributed by atoms with van der Waals surface area (Å²) >= 11 is 1.50. The summed E-state index contributed by atoms with van der Waals surface area (Å²) in [4.78, 5) is 12.7. The van der Waals surface area contributed by atoms with E-state index in [1.807, 2.05) is 10.2 Å². The van der Waals surface area contributed by atoms with E-state index in [9.17, 15) is 10.2 Å². The lowest BCUT2D eigenvalue weighted by Gasteiger charge is -2.08. The van der Waals surface area contributed by atoms with Gasteiger partial charge in [0.15, 0.2) is 17.0 Å². The van der Waals surface area contributed by atoms with E-state index in [1.165, 1.54) is 30.4 Å². The molecule has 108 valence electrons. The van der Waals surface area contributed by atoms with Gasteiger partial charge in [0.2, 0.25) is 0 Å². The zero-order valence-electron chi connectivity index (χ0n) is 11.2. The van der Waals surface area contributed by atoms with Crippen LogP contribution in [0.2, 0.25) is 0 Å². The fraction of sp³-hybridized carbons (Fsp3) is 0.154. The molecular weight excluding hydrogens is 290 g/mol. The second-order valence-electron chi connectivity index (χ2n) is 4.31. The van der Waals surface area contributed by atoms with Crippen LogP contribution in [0.3, 0.4) is 0 Å². The number of benzene rings is 1. The smallest absolute Gasteiger partial charge is 0.175 e. The Morgan fingerprint density at radius 3 is 2.86 bits per heavy atom. The van der Waals surface area contributed by atoms with Crippen molar-refractivity contribution in [3.63, 3.8) is 0 Å². The molecule has 0 unspecified atom stereocenters. The Morgan fingerprint density at radius 1 is 1.24 bits per heavy atom. The van der Waals surface area contributed by atoms with Crippen LogP contribution in [0, 0.1) is 0 Å². The molecular formula is C13H13N5O2S. The first-order chi connectivity index (χ1) is 10.2. The molecule has 0 aliphatic carbocycles. The number of phenols is 2. The van der Waals surface area contributed by atoms with Crippen LogP contribution in [-0.2, 0) is 6.54 Å². The molecule has 3 rings (SSSR count). The van der Waals surface area contributed by atoms with Crippen LogP contribution >= 0.6 is 11.9 Å². The van der Waals surface area contributed by atoms with Gasteiger partial charge in [0.25, 0.3) is 0 Å². The van der Waals surface area contributed by atoms with Crippen LogP contribution in [0.1, 0.15) is 5.56 Å². The van der Waals surface area contributed by atoms with Crippen molar-refractivity contribution in [3.8, 4) is 11.5 Å². The Labute approximate surface area is 124 Å². The van der Waals surface area contributed by atoms with Gasteiger partial charge >= 0.3 is 0 Å². The van der Waals surface area contributed by atoms with E-state index in [-0.39, 0.29) is 11.5 Å². The second-order valence-corrected chi connectivity index (χ2v) is 5.07. The SMILES string of the molecule is CSn1cnc2c(NCc3ccc(O)cc3O)ncnc21. The first kappa shape index (κ1) is 13.5. The molecule has 2 aromatic heterocycles. The highest BCUT2D eigenvalue weighted by Gasteiger charge is 2.10. The molecule has 0 aliphatic rings. The summed E-state index contributed by atoms with van der Waals surface area (Å²) in [6.07, 6.45) is 5.09. The topological polar surface area (TPSA) is 96.1 Å². The van der Waals surface area contributed by atoms with Gasteiger partial charge in [0.1, 0.15) is 24.2 Å². The van der Waals surface area contributed by atoms with Crippen LogP contribution in [0.25, 0.3) is 11.2 Å². The summed E-state index contributed by atoms with van der Waals surface area (Å²) in [5, 5.41) is 22.2. The van der Waals surface area contributed by atoms with Gasteiger partial charge in [-0.2, -0.15) is 0 Å². The number of nitrogens with one attached hydrogen (secondary N) is 1. The summed E-state index contributed by atoms with van der Waals surface area (Å²) in [6.45, 7) is 0.365. The molecule has 3 aromatic rings. The van der Waals surface area contributed by atoms with E-state index in [1.54, 1.807) is 12.4 Å². The predicted octanol–water partition coefficient (Wildman–Crippen LogP) is 1.98. The lowest BCUT2D eigenvalue weighted by Crippen LogP contribution is -2.03. The number of nitrogens with zero attached hydrogens (tertiary/aromatic N) is 4. The first-order valence-corrected chi connectivity index (χ1v) is 7.34. The van der Waals surface area contributed by atoms with Crippen molar-refractivity contribution >= 4 is 28.9 Å². The molecule has 1 aromatic carbocycles. The quantitative estimate of drug-likeness (QED) is 0.678. The third-order valence-electron chi connectivity index (χ3n) is 3.02. The number of aromatic nitrogens is 4. The zero-order valence-corrected chi connectivity index (χ0v) is 12.0. The minimum atomic E-state index is 0.0272. The summed E-state index contributed by atoms with van der Waals surface area (Å²) in [6, 6.07) is 4.47. The second kappa shape index (κ2) is 5.49. The third kappa shape index (κ3) is 2.57. The van der Waals surface area contributed by atoms with E-state index < -0.39 is 0 Å². The highest BCUT2D eigenvalue weighted by atomic mass is 32.2. The summed E-state index contributed by atoms with van der Waals surface area (Å²) in [5.74, 6) is 0.655. The van der Waals surface area contributed by atoms with Crippen LogP contribution in [-0.4, -0.2) is 35.4 Å². The van der Waals surface area contributed by atoms with Crippen molar-refractivity contribution in [1.29, 1.82) is 0 Å². The third-order valence-corrected chi connectivity index (χ3v) is 3.68. The van der Waals surface area contributed by atoms with Gasteiger partial charge in [0, 0.05) is 24.4 Å². The highest BCUT2D eigenvalue weighted by molar-refractivity contribution is 7.97. The fourth-order valence-electron chi connectivity index (χ4n) is 1.96. The molecule has 0 spiro atoms. The first-order valence-electron chi connectivity index (χ1n) is 6.16. The van der Waals surface area contributed by atoms with Crippen LogP contribution in [0.5, 0.6) is 11.5 Å². The van der Waals surface area contributed by atoms with E-state index in [4.69, 9.17) is 0 Å². The van der Waals surface area contributed by atoms with Gasteiger partial charge in [-0.25, -0.2) is 15.0 Å². The number of hydrogen-bond acceptors (Lipinski definition) is 7. The molecule has 0 aliphatic heterocycles. The number of hydrogen-bond donors (Lipinski definition) is 3. The van der Waals surface area contributed by atoms with Gasteiger partial charge < -0.3 is 15.5 Å². The van der Waals surface area contributed by atoms with Crippen LogP contribution in [0.15, 0.2) is 30.9 Å². The monoisotopic (exact) mass is 303 g/mol. The van der Waals surface area contributed by atoms with Crippen molar-refractivity contribution in [1.82, 2.24) is 18.9 Å². The number of phenolic OH excluding ortho intramolecular Hbond substituents is 2. The summed E-state index contributed by atoms with van der Waals surface area (Å²) in [7, 11) is 0. The van der Waals surface area contributed by atoms with Crippen molar-refractivity contribution < 1.29 is 10.2 Å². The molecule has 3 N–H and O–H groups in total. The average molecular weight is 303 g/mol. The van der Waals surface area contributed by atoms with E-state index in [0.717, 1.165) is 5.65 Å².